The standard InChI is InChI=1S/C19H19BrN2O4/c1-25-19(24)13-6-7-17(22-8-10-26-11-9-22)16(12-13)21-18(23)14-4-2-3-5-15(14)20/h2-7,12H,8-11H2,1H3,(H,21,23). The van der Waals surface area contributed by atoms with Gasteiger partial charge in [-0.05, 0) is 46.3 Å². The Balaban J connectivity index is 1.94. The minimum absolute atomic E-state index is 0.256. The minimum Gasteiger partial charge on any atom is -0.465 e. The average Bonchev–Trinajstić information content (AvgIpc) is 2.68. The summed E-state index contributed by atoms with van der Waals surface area (Å²) in [6.07, 6.45) is 0. The number of halogens is 1. The Hall–Kier alpha value is -2.38. The number of esters is 1. The van der Waals surface area contributed by atoms with Gasteiger partial charge < -0.3 is 19.7 Å². The average molecular weight is 419 g/mol. The van der Waals surface area contributed by atoms with E-state index in [1.807, 2.05) is 18.2 Å². The maximum Gasteiger partial charge on any atom is 0.337 e. The first-order valence-corrected chi connectivity index (χ1v) is 9.00. The molecular formula is C19H19BrN2O4. The number of ether oxygens (including phenoxy) is 2. The molecule has 1 aliphatic rings. The van der Waals surface area contributed by atoms with Crippen LogP contribution in [0.2, 0.25) is 0 Å². The van der Waals surface area contributed by atoms with E-state index in [1.54, 1.807) is 24.3 Å². The maximum absolute atomic E-state index is 12.7. The van der Waals surface area contributed by atoms with E-state index in [0.717, 1.165) is 18.8 Å². The van der Waals surface area contributed by atoms with Gasteiger partial charge in [-0.3, -0.25) is 4.79 Å². The van der Waals surface area contributed by atoms with E-state index >= 15 is 0 Å². The highest BCUT2D eigenvalue weighted by Crippen LogP contribution is 2.29. The molecule has 0 radical (unpaired) electrons. The summed E-state index contributed by atoms with van der Waals surface area (Å²) < 4.78 is 10.9. The molecule has 0 aliphatic carbocycles. The molecule has 7 heteroatoms. The number of amides is 1. The highest BCUT2D eigenvalue weighted by atomic mass is 79.9. The van der Waals surface area contributed by atoms with Crippen molar-refractivity contribution in [3.63, 3.8) is 0 Å². The lowest BCUT2D eigenvalue weighted by molar-refractivity contribution is 0.0600. The van der Waals surface area contributed by atoms with Crippen LogP contribution in [0.25, 0.3) is 0 Å². The molecule has 0 spiro atoms. The van der Waals surface area contributed by atoms with E-state index in [4.69, 9.17) is 9.47 Å². The van der Waals surface area contributed by atoms with Crippen molar-refractivity contribution in [2.75, 3.05) is 43.6 Å². The molecule has 0 bridgehead atoms. The van der Waals surface area contributed by atoms with Gasteiger partial charge in [0, 0.05) is 17.6 Å². The Morgan fingerprint density at radius 1 is 1.15 bits per heavy atom. The first-order valence-electron chi connectivity index (χ1n) is 8.21. The molecule has 3 rings (SSSR count). The summed E-state index contributed by atoms with van der Waals surface area (Å²) in [4.78, 5) is 26.7. The molecule has 1 aliphatic heterocycles. The van der Waals surface area contributed by atoms with Crippen LogP contribution in [0.5, 0.6) is 0 Å². The van der Waals surface area contributed by atoms with Crippen molar-refractivity contribution in [3.05, 3.63) is 58.1 Å². The molecule has 6 nitrogen and oxygen atoms in total. The van der Waals surface area contributed by atoms with Crippen molar-refractivity contribution >= 4 is 39.2 Å². The molecule has 1 heterocycles. The molecule has 0 unspecified atom stereocenters. The SMILES string of the molecule is COC(=O)c1ccc(N2CCOCC2)c(NC(=O)c2ccccc2Br)c1. The second kappa shape index (κ2) is 8.33. The Kier molecular flexibility index (Phi) is 5.90. The first-order chi connectivity index (χ1) is 12.6. The van der Waals surface area contributed by atoms with Crippen LogP contribution in [-0.4, -0.2) is 45.3 Å². The summed E-state index contributed by atoms with van der Waals surface area (Å²) in [6, 6.07) is 12.4. The molecule has 0 aromatic heterocycles. The van der Waals surface area contributed by atoms with Gasteiger partial charge >= 0.3 is 5.97 Å². The summed E-state index contributed by atoms with van der Waals surface area (Å²) in [6.45, 7) is 2.68. The van der Waals surface area contributed by atoms with Gasteiger partial charge in [0.2, 0.25) is 0 Å². The van der Waals surface area contributed by atoms with Gasteiger partial charge in [-0.15, -0.1) is 0 Å². The molecule has 1 fully saturated rings. The van der Waals surface area contributed by atoms with Crippen LogP contribution in [0.15, 0.2) is 46.9 Å². The third-order valence-electron chi connectivity index (χ3n) is 4.14. The lowest BCUT2D eigenvalue weighted by Crippen LogP contribution is -2.36. The number of nitrogens with zero attached hydrogens (tertiary/aromatic N) is 1. The zero-order chi connectivity index (χ0) is 18.5. The number of hydrogen-bond acceptors (Lipinski definition) is 5. The number of benzene rings is 2. The van der Waals surface area contributed by atoms with Gasteiger partial charge in [-0.1, -0.05) is 12.1 Å². The predicted molar refractivity (Wildman–Crippen MR) is 103 cm³/mol. The van der Waals surface area contributed by atoms with Crippen LogP contribution >= 0.6 is 15.9 Å². The molecule has 136 valence electrons. The molecule has 1 saturated heterocycles. The fourth-order valence-electron chi connectivity index (χ4n) is 2.80. The number of anilines is 2. The minimum atomic E-state index is -0.449. The fraction of sp³-hybridized carbons (Fsp3) is 0.263. The van der Waals surface area contributed by atoms with Gasteiger partial charge in [0.1, 0.15) is 0 Å². The third-order valence-corrected chi connectivity index (χ3v) is 4.83. The zero-order valence-electron chi connectivity index (χ0n) is 14.3. The quantitative estimate of drug-likeness (QED) is 0.771. The third kappa shape index (κ3) is 4.05. The Morgan fingerprint density at radius 3 is 2.58 bits per heavy atom. The van der Waals surface area contributed by atoms with Crippen LogP contribution in [-0.2, 0) is 9.47 Å². The monoisotopic (exact) mass is 418 g/mol. The van der Waals surface area contributed by atoms with Crippen LogP contribution in [0.1, 0.15) is 20.7 Å². The molecule has 2 aromatic rings. The van der Waals surface area contributed by atoms with Gasteiger partial charge in [0.05, 0.1) is 42.8 Å². The molecular weight excluding hydrogens is 400 g/mol. The molecule has 2 aromatic carbocycles. The fourth-order valence-corrected chi connectivity index (χ4v) is 3.26. The van der Waals surface area contributed by atoms with Crippen molar-refractivity contribution in [1.29, 1.82) is 0 Å². The highest BCUT2D eigenvalue weighted by molar-refractivity contribution is 9.10. The van der Waals surface area contributed by atoms with E-state index in [9.17, 15) is 9.59 Å². The highest BCUT2D eigenvalue weighted by Gasteiger charge is 2.19. The zero-order valence-corrected chi connectivity index (χ0v) is 15.9. The number of nitrogens with one attached hydrogen (secondary N) is 1. The number of methoxy groups -OCH3 is 1. The Labute approximate surface area is 160 Å². The van der Waals surface area contributed by atoms with E-state index in [1.165, 1.54) is 7.11 Å². The van der Waals surface area contributed by atoms with Crippen molar-refractivity contribution < 1.29 is 19.1 Å². The van der Waals surface area contributed by atoms with E-state index < -0.39 is 5.97 Å². The number of carbonyl (C=O) groups is 2. The Bertz CT molecular complexity index is 819. The summed E-state index contributed by atoms with van der Waals surface area (Å²) in [5.41, 5.74) is 2.31. The predicted octanol–water partition coefficient (Wildman–Crippen LogP) is 3.32. The van der Waals surface area contributed by atoms with Crippen LogP contribution in [0, 0.1) is 0 Å². The molecule has 0 saturated carbocycles. The van der Waals surface area contributed by atoms with Gasteiger partial charge in [0.15, 0.2) is 0 Å². The van der Waals surface area contributed by atoms with Crippen molar-refractivity contribution in [3.8, 4) is 0 Å². The van der Waals surface area contributed by atoms with Gasteiger partial charge in [-0.25, -0.2) is 4.79 Å². The first kappa shape index (κ1) is 18.4. The van der Waals surface area contributed by atoms with E-state index in [-0.39, 0.29) is 5.91 Å². The smallest absolute Gasteiger partial charge is 0.337 e. The molecule has 1 N–H and O–H groups in total. The van der Waals surface area contributed by atoms with Crippen LogP contribution < -0.4 is 10.2 Å². The molecule has 26 heavy (non-hydrogen) atoms. The van der Waals surface area contributed by atoms with Crippen molar-refractivity contribution in [2.45, 2.75) is 0 Å². The number of carbonyl (C=O) groups excluding carboxylic acids is 2. The van der Waals surface area contributed by atoms with Crippen molar-refractivity contribution in [1.82, 2.24) is 0 Å². The van der Waals surface area contributed by atoms with Crippen LogP contribution in [0.4, 0.5) is 11.4 Å². The van der Waals surface area contributed by atoms with E-state index in [2.05, 4.69) is 26.1 Å². The van der Waals surface area contributed by atoms with Crippen LogP contribution in [0.3, 0.4) is 0 Å². The second-order valence-corrected chi connectivity index (χ2v) is 6.61. The number of morpholine rings is 1. The van der Waals surface area contributed by atoms with E-state index in [0.29, 0.717) is 34.5 Å². The largest absolute Gasteiger partial charge is 0.465 e. The summed E-state index contributed by atoms with van der Waals surface area (Å²) in [7, 11) is 1.33. The lowest BCUT2D eigenvalue weighted by atomic mass is 10.1. The maximum atomic E-state index is 12.7. The summed E-state index contributed by atoms with van der Waals surface area (Å²) in [5, 5.41) is 2.93. The normalized spacial score (nSPS) is 14.0. The Morgan fingerprint density at radius 2 is 1.88 bits per heavy atom. The topological polar surface area (TPSA) is 67.9 Å². The summed E-state index contributed by atoms with van der Waals surface area (Å²) >= 11 is 3.39. The molecule has 1 amide bonds. The second-order valence-electron chi connectivity index (χ2n) is 5.76. The number of hydrogen-bond donors (Lipinski definition) is 1. The van der Waals surface area contributed by atoms with Crippen molar-refractivity contribution in [2.24, 2.45) is 0 Å². The molecule has 0 atom stereocenters. The van der Waals surface area contributed by atoms with Gasteiger partial charge in [0.25, 0.3) is 5.91 Å². The number of rotatable bonds is 4. The van der Waals surface area contributed by atoms with Gasteiger partial charge in [-0.2, -0.15) is 0 Å². The lowest BCUT2D eigenvalue weighted by Gasteiger charge is -2.30. The summed E-state index contributed by atoms with van der Waals surface area (Å²) in [5.74, 6) is -0.705.